The molecule has 142 valence electrons. The fourth-order valence-corrected chi connectivity index (χ4v) is 4.68. The van der Waals surface area contributed by atoms with Crippen molar-refractivity contribution >= 4 is 28.6 Å². The number of hydrogen-bond donors (Lipinski definition) is 1. The molecule has 5 rings (SSSR count). The molecule has 0 amide bonds. The van der Waals surface area contributed by atoms with Crippen LogP contribution in [0.5, 0.6) is 17.2 Å². The molecule has 2 atom stereocenters. The van der Waals surface area contributed by atoms with Crippen LogP contribution in [0.3, 0.4) is 0 Å². The van der Waals surface area contributed by atoms with Crippen molar-refractivity contribution in [1.82, 2.24) is 5.01 Å². The first-order chi connectivity index (χ1) is 13.7. The Morgan fingerprint density at radius 3 is 2.89 bits per heavy atom. The van der Waals surface area contributed by atoms with Crippen LogP contribution in [0.1, 0.15) is 34.7 Å². The standard InChI is InChI=1S/C21H17ClN2O3S/c1-26-18-10-12(9-14(22)20(18)25)21-24-16(13-5-2-3-6-17(13)27-21)11-15(23-24)19-7-4-8-28-19/h2-10,16,21,25H,11H2,1H3/t16-,21+/m1/s1. The minimum Gasteiger partial charge on any atom is -0.503 e. The van der Waals surface area contributed by atoms with Crippen molar-refractivity contribution in [2.75, 3.05) is 7.11 Å². The van der Waals surface area contributed by atoms with Gasteiger partial charge in [-0.05, 0) is 29.6 Å². The number of halogens is 1. The van der Waals surface area contributed by atoms with Gasteiger partial charge in [-0.2, -0.15) is 5.10 Å². The number of nitrogens with zero attached hydrogens (tertiary/aromatic N) is 2. The number of hydrogen-bond acceptors (Lipinski definition) is 6. The van der Waals surface area contributed by atoms with Crippen LogP contribution in [0.2, 0.25) is 5.02 Å². The first-order valence-electron chi connectivity index (χ1n) is 8.87. The summed E-state index contributed by atoms with van der Waals surface area (Å²) in [5.41, 5.74) is 2.93. The molecular formula is C21H17ClN2O3S. The Balaban J connectivity index is 1.63. The number of thiophene rings is 1. The van der Waals surface area contributed by atoms with Gasteiger partial charge in [0.25, 0.3) is 0 Å². The lowest BCUT2D eigenvalue weighted by atomic mass is 9.97. The number of aromatic hydroxyl groups is 1. The quantitative estimate of drug-likeness (QED) is 0.629. The Hall–Kier alpha value is -2.70. The molecular weight excluding hydrogens is 396 g/mol. The summed E-state index contributed by atoms with van der Waals surface area (Å²) in [6, 6.07) is 15.7. The third kappa shape index (κ3) is 2.72. The van der Waals surface area contributed by atoms with E-state index in [4.69, 9.17) is 26.2 Å². The molecule has 0 saturated carbocycles. The predicted octanol–water partition coefficient (Wildman–Crippen LogP) is 5.36. The molecule has 0 saturated heterocycles. The second-order valence-corrected chi connectivity index (χ2v) is 8.04. The van der Waals surface area contributed by atoms with Crippen molar-refractivity contribution in [2.45, 2.75) is 18.7 Å². The molecule has 3 heterocycles. The molecule has 0 spiro atoms. The van der Waals surface area contributed by atoms with E-state index in [1.807, 2.05) is 29.3 Å². The summed E-state index contributed by atoms with van der Waals surface area (Å²) in [4.78, 5) is 1.16. The topological polar surface area (TPSA) is 54.3 Å². The maximum atomic E-state index is 10.1. The maximum absolute atomic E-state index is 10.1. The van der Waals surface area contributed by atoms with Crippen molar-refractivity contribution in [1.29, 1.82) is 0 Å². The average molecular weight is 413 g/mol. The Bertz CT molecular complexity index is 1070. The van der Waals surface area contributed by atoms with Gasteiger partial charge in [0.2, 0.25) is 6.23 Å². The third-order valence-corrected chi connectivity index (χ3v) is 6.27. The zero-order chi connectivity index (χ0) is 19.3. The third-order valence-electron chi connectivity index (χ3n) is 5.06. The molecule has 0 bridgehead atoms. The summed E-state index contributed by atoms with van der Waals surface area (Å²) in [5.74, 6) is 1.06. The molecule has 7 heteroatoms. The Labute approximate surface area is 171 Å². The SMILES string of the molecule is COc1cc([C@@H]2Oc3ccccc3[C@H]3CC(c4cccs4)=NN32)cc(Cl)c1O. The van der Waals surface area contributed by atoms with Crippen LogP contribution in [-0.2, 0) is 0 Å². The summed E-state index contributed by atoms with van der Waals surface area (Å²) in [5, 5.41) is 19.3. The monoisotopic (exact) mass is 412 g/mol. The molecule has 0 fully saturated rings. The van der Waals surface area contributed by atoms with Gasteiger partial charge >= 0.3 is 0 Å². The highest BCUT2D eigenvalue weighted by atomic mass is 35.5. The summed E-state index contributed by atoms with van der Waals surface area (Å²) in [7, 11) is 1.50. The van der Waals surface area contributed by atoms with Crippen LogP contribution in [-0.4, -0.2) is 22.9 Å². The van der Waals surface area contributed by atoms with Gasteiger partial charge in [-0.1, -0.05) is 35.9 Å². The van der Waals surface area contributed by atoms with E-state index in [1.54, 1.807) is 23.5 Å². The first-order valence-corrected chi connectivity index (χ1v) is 10.1. The number of rotatable bonds is 3. The molecule has 1 N–H and O–H groups in total. The molecule has 0 aliphatic carbocycles. The van der Waals surface area contributed by atoms with Gasteiger partial charge in [-0.25, -0.2) is 5.01 Å². The minimum atomic E-state index is -0.468. The number of hydrazone groups is 1. The van der Waals surface area contributed by atoms with Gasteiger partial charge in [0.05, 0.1) is 28.8 Å². The van der Waals surface area contributed by atoms with Gasteiger partial charge in [0, 0.05) is 17.5 Å². The van der Waals surface area contributed by atoms with Crippen LogP contribution < -0.4 is 9.47 Å². The molecule has 2 aliphatic heterocycles. The fourth-order valence-electron chi connectivity index (χ4n) is 3.74. The number of fused-ring (bicyclic) bond motifs is 3. The minimum absolute atomic E-state index is 0.0747. The highest BCUT2D eigenvalue weighted by Gasteiger charge is 2.41. The molecule has 1 aromatic heterocycles. The second kappa shape index (κ2) is 6.72. The molecule has 3 aromatic rings. The van der Waals surface area contributed by atoms with Crippen LogP contribution >= 0.6 is 22.9 Å². The van der Waals surface area contributed by atoms with E-state index in [1.165, 1.54) is 7.11 Å². The Morgan fingerprint density at radius 2 is 2.11 bits per heavy atom. The second-order valence-electron chi connectivity index (χ2n) is 6.69. The van der Waals surface area contributed by atoms with Gasteiger partial charge in [-0.3, -0.25) is 0 Å². The number of phenolic OH excluding ortho intramolecular Hbond substituents is 1. The molecule has 0 radical (unpaired) electrons. The highest BCUT2D eigenvalue weighted by Crippen LogP contribution is 2.49. The molecule has 0 unspecified atom stereocenters. The lowest BCUT2D eigenvalue weighted by Gasteiger charge is -2.38. The van der Waals surface area contributed by atoms with E-state index in [-0.39, 0.29) is 16.8 Å². The highest BCUT2D eigenvalue weighted by molar-refractivity contribution is 7.12. The number of ether oxygens (including phenoxy) is 2. The van der Waals surface area contributed by atoms with Crippen molar-refractivity contribution in [3.05, 3.63) is 74.9 Å². The summed E-state index contributed by atoms with van der Waals surface area (Å²) in [6.45, 7) is 0. The summed E-state index contributed by atoms with van der Waals surface area (Å²) in [6.07, 6.45) is 0.338. The number of para-hydroxylation sites is 1. The van der Waals surface area contributed by atoms with E-state index in [0.717, 1.165) is 33.9 Å². The zero-order valence-electron chi connectivity index (χ0n) is 15.0. The zero-order valence-corrected chi connectivity index (χ0v) is 16.6. The number of benzene rings is 2. The first kappa shape index (κ1) is 17.4. The molecule has 2 aliphatic rings. The van der Waals surface area contributed by atoms with Crippen LogP contribution in [0, 0.1) is 0 Å². The normalized spacial score (nSPS) is 20.2. The van der Waals surface area contributed by atoms with Gasteiger partial charge in [-0.15, -0.1) is 11.3 Å². The number of methoxy groups -OCH3 is 1. The molecule has 28 heavy (non-hydrogen) atoms. The van der Waals surface area contributed by atoms with Crippen molar-refractivity contribution in [3.63, 3.8) is 0 Å². The van der Waals surface area contributed by atoms with Crippen molar-refractivity contribution < 1.29 is 14.6 Å². The van der Waals surface area contributed by atoms with E-state index >= 15 is 0 Å². The molecule has 5 nitrogen and oxygen atoms in total. The van der Waals surface area contributed by atoms with Crippen LogP contribution in [0.25, 0.3) is 0 Å². The Kier molecular flexibility index (Phi) is 4.18. The number of phenols is 1. The maximum Gasteiger partial charge on any atom is 0.214 e. The molecule has 2 aromatic carbocycles. The largest absolute Gasteiger partial charge is 0.503 e. The van der Waals surface area contributed by atoms with Gasteiger partial charge in [0.15, 0.2) is 11.5 Å². The van der Waals surface area contributed by atoms with Gasteiger partial charge < -0.3 is 14.6 Å². The van der Waals surface area contributed by atoms with E-state index < -0.39 is 6.23 Å². The van der Waals surface area contributed by atoms with Crippen LogP contribution in [0.4, 0.5) is 0 Å². The predicted molar refractivity (Wildman–Crippen MR) is 110 cm³/mol. The van der Waals surface area contributed by atoms with E-state index in [0.29, 0.717) is 5.75 Å². The van der Waals surface area contributed by atoms with Crippen LogP contribution in [0.15, 0.2) is 59.0 Å². The van der Waals surface area contributed by atoms with E-state index in [9.17, 15) is 5.11 Å². The van der Waals surface area contributed by atoms with Crippen molar-refractivity contribution in [2.24, 2.45) is 5.10 Å². The van der Waals surface area contributed by atoms with Crippen molar-refractivity contribution in [3.8, 4) is 17.2 Å². The lowest BCUT2D eigenvalue weighted by Crippen LogP contribution is -2.33. The smallest absolute Gasteiger partial charge is 0.214 e. The summed E-state index contributed by atoms with van der Waals surface area (Å²) < 4.78 is 11.6. The fraction of sp³-hybridized carbons (Fsp3) is 0.190. The Morgan fingerprint density at radius 1 is 1.25 bits per heavy atom. The average Bonchev–Trinajstić information content (AvgIpc) is 3.39. The van der Waals surface area contributed by atoms with E-state index in [2.05, 4.69) is 17.5 Å². The lowest BCUT2D eigenvalue weighted by molar-refractivity contribution is -0.0191. The van der Waals surface area contributed by atoms with Gasteiger partial charge in [0.1, 0.15) is 5.75 Å². The summed E-state index contributed by atoms with van der Waals surface area (Å²) >= 11 is 7.91.